The molecule has 0 bridgehead atoms. The summed E-state index contributed by atoms with van der Waals surface area (Å²) in [4.78, 5) is 28.6. The van der Waals surface area contributed by atoms with Gasteiger partial charge >= 0.3 is 0 Å². The maximum atomic E-state index is 13.5. The van der Waals surface area contributed by atoms with E-state index in [1.165, 1.54) is 0 Å². The number of carbonyl (C=O) groups excluding carboxylic acids is 2. The van der Waals surface area contributed by atoms with E-state index in [-0.39, 0.29) is 25.0 Å². The third-order valence-electron chi connectivity index (χ3n) is 5.12. The van der Waals surface area contributed by atoms with Crippen LogP contribution in [0.3, 0.4) is 0 Å². The number of rotatable bonds is 9. The van der Waals surface area contributed by atoms with Crippen LogP contribution in [0.1, 0.15) is 31.9 Å². The Labute approximate surface area is 210 Å². The summed E-state index contributed by atoms with van der Waals surface area (Å²) in [6.07, 6.45) is 0.397. The van der Waals surface area contributed by atoms with Gasteiger partial charge in [0, 0.05) is 23.0 Å². The summed E-state index contributed by atoms with van der Waals surface area (Å²) in [6.45, 7) is 5.92. The lowest BCUT2D eigenvalue weighted by atomic mass is 10.0. The highest BCUT2D eigenvalue weighted by atomic mass is 79.9. The lowest BCUT2D eigenvalue weighted by Crippen LogP contribution is -2.55. The molecule has 0 unspecified atom stereocenters. The van der Waals surface area contributed by atoms with Crippen molar-refractivity contribution in [1.29, 1.82) is 0 Å². The van der Waals surface area contributed by atoms with E-state index in [4.69, 9.17) is 4.74 Å². The van der Waals surface area contributed by atoms with Gasteiger partial charge in [0.1, 0.15) is 11.8 Å². The van der Waals surface area contributed by atoms with Gasteiger partial charge in [-0.2, -0.15) is 0 Å². The van der Waals surface area contributed by atoms with E-state index >= 15 is 0 Å². The van der Waals surface area contributed by atoms with Crippen molar-refractivity contribution < 1.29 is 14.3 Å². The fourth-order valence-electron chi connectivity index (χ4n) is 3.58. The Morgan fingerprint density at radius 3 is 2.15 bits per heavy atom. The number of benzene rings is 3. The number of nitrogens with one attached hydrogen (secondary N) is 1. The van der Waals surface area contributed by atoms with Gasteiger partial charge in [0.05, 0.1) is 0 Å². The number of amides is 2. The van der Waals surface area contributed by atoms with Crippen LogP contribution >= 0.6 is 15.9 Å². The van der Waals surface area contributed by atoms with Crippen molar-refractivity contribution >= 4 is 27.7 Å². The van der Waals surface area contributed by atoms with E-state index in [1.54, 1.807) is 17.0 Å². The van der Waals surface area contributed by atoms with E-state index in [0.29, 0.717) is 12.2 Å². The van der Waals surface area contributed by atoms with Crippen LogP contribution in [-0.4, -0.2) is 34.9 Å². The Bertz CT molecular complexity index is 1080. The Kier molecular flexibility index (Phi) is 8.88. The van der Waals surface area contributed by atoms with Crippen LogP contribution in [0.4, 0.5) is 0 Å². The Hall–Kier alpha value is -3.12. The second-order valence-electron chi connectivity index (χ2n) is 9.20. The fraction of sp³-hybridized carbons (Fsp3) is 0.286. The van der Waals surface area contributed by atoms with Crippen molar-refractivity contribution in [1.82, 2.24) is 10.2 Å². The minimum atomic E-state index is -0.701. The largest absolute Gasteiger partial charge is 0.484 e. The van der Waals surface area contributed by atoms with Crippen LogP contribution in [-0.2, 0) is 22.6 Å². The van der Waals surface area contributed by atoms with Gasteiger partial charge in [0.25, 0.3) is 5.91 Å². The molecule has 0 radical (unpaired) electrons. The lowest BCUT2D eigenvalue weighted by molar-refractivity contribution is -0.143. The molecule has 0 fully saturated rings. The molecule has 34 heavy (non-hydrogen) atoms. The zero-order valence-electron chi connectivity index (χ0n) is 19.8. The average Bonchev–Trinajstić information content (AvgIpc) is 2.80. The summed E-state index contributed by atoms with van der Waals surface area (Å²) in [7, 11) is 0. The summed E-state index contributed by atoms with van der Waals surface area (Å²) < 4.78 is 6.67. The van der Waals surface area contributed by atoms with Crippen molar-refractivity contribution in [3.8, 4) is 5.75 Å². The first kappa shape index (κ1) is 25.5. The first-order valence-electron chi connectivity index (χ1n) is 11.3. The van der Waals surface area contributed by atoms with Gasteiger partial charge in [-0.05, 0) is 56.2 Å². The zero-order valence-corrected chi connectivity index (χ0v) is 21.4. The highest BCUT2D eigenvalue weighted by Crippen LogP contribution is 2.19. The summed E-state index contributed by atoms with van der Waals surface area (Å²) in [6, 6.07) is 26.0. The molecule has 0 saturated heterocycles. The van der Waals surface area contributed by atoms with Gasteiger partial charge in [-0.25, -0.2) is 0 Å². The zero-order chi connectivity index (χ0) is 24.6. The Morgan fingerprint density at radius 2 is 1.53 bits per heavy atom. The van der Waals surface area contributed by atoms with Gasteiger partial charge in [-0.3, -0.25) is 9.59 Å². The first-order valence-corrected chi connectivity index (χ1v) is 12.1. The summed E-state index contributed by atoms with van der Waals surface area (Å²) in [5.41, 5.74) is 1.47. The molecule has 0 spiro atoms. The third kappa shape index (κ3) is 8.03. The van der Waals surface area contributed by atoms with Crippen LogP contribution in [0.5, 0.6) is 5.75 Å². The number of ether oxygens (including phenoxy) is 1. The minimum Gasteiger partial charge on any atom is -0.484 e. The highest BCUT2D eigenvalue weighted by molar-refractivity contribution is 9.10. The molecule has 1 atom stereocenters. The molecular weight excluding hydrogens is 492 g/mol. The molecule has 0 aliphatic carbocycles. The topological polar surface area (TPSA) is 58.6 Å². The monoisotopic (exact) mass is 522 g/mol. The van der Waals surface area contributed by atoms with Crippen LogP contribution < -0.4 is 10.1 Å². The molecule has 6 heteroatoms. The highest BCUT2D eigenvalue weighted by Gasteiger charge is 2.32. The van der Waals surface area contributed by atoms with Crippen LogP contribution in [0.15, 0.2) is 89.4 Å². The second-order valence-corrected chi connectivity index (χ2v) is 10.1. The summed E-state index contributed by atoms with van der Waals surface area (Å²) >= 11 is 3.50. The molecule has 3 rings (SSSR count). The fourth-order valence-corrected chi connectivity index (χ4v) is 4.03. The van der Waals surface area contributed by atoms with Gasteiger partial charge < -0.3 is 15.0 Å². The van der Waals surface area contributed by atoms with Crippen molar-refractivity contribution in [2.24, 2.45) is 0 Å². The van der Waals surface area contributed by atoms with Gasteiger partial charge in [-0.15, -0.1) is 0 Å². The summed E-state index contributed by atoms with van der Waals surface area (Å²) in [5, 5.41) is 3.06. The average molecular weight is 523 g/mol. The van der Waals surface area contributed by atoms with E-state index in [9.17, 15) is 9.59 Å². The molecule has 1 N–H and O–H groups in total. The molecule has 178 valence electrons. The van der Waals surface area contributed by atoms with E-state index in [1.807, 2.05) is 93.6 Å². The lowest BCUT2D eigenvalue weighted by Gasteiger charge is -2.33. The molecular formula is C28H31BrN2O3. The number of halogens is 1. The molecule has 3 aromatic carbocycles. The molecule has 0 aliphatic rings. The normalized spacial score (nSPS) is 12.0. The standard InChI is InChI=1S/C28H31BrN2O3/c1-28(2,3)30-27(33)25(18-21-11-6-4-7-12-21)31(19-22-13-10-14-23(29)17-22)26(32)20-34-24-15-8-5-9-16-24/h4-17,25H,18-20H2,1-3H3,(H,30,33)/t25-/m0/s1. The number of hydrogen-bond donors (Lipinski definition) is 1. The van der Waals surface area contributed by atoms with E-state index in [0.717, 1.165) is 15.6 Å². The maximum Gasteiger partial charge on any atom is 0.261 e. The number of para-hydroxylation sites is 1. The Balaban J connectivity index is 1.92. The van der Waals surface area contributed by atoms with Gasteiger partial charge in [-0.1, -0.05) is 76.6 Å². The number of hydrogen-bond acceptors (Lipinski definition) is 3. The molecule has 0 aliphatic heterocycles. The smallest absolute Gasteiger partial charge is 0.261 e. The minimum absolute atomic E-state index is 0.161. The maximum absolute atomic E-state index is 13.5. The first-order chi connectivity index (χ1) is 16.2. The molecule has 0 saturated carbocycles. The van der Waals surface area contributed by atoms with Gasteiger partial charge in [0.15, 0.2) is 6.61 Å². The predicted octanol–water partition coefficient (Wildman–Crippen LogP) is 5.38. The molecule has 2 amide bonds. The van der Waals surface area contributed by atoms with Crippen LogP contribution in [0.25, 0.3) is 0 Å². The van der Waals surface area contributed by atoms with Crippen molar-refractivity contribution in [2.45, 2.75) is 45.3 Å². The van der Waals surface area contributed by atoms with Crippen molar-refractivity contribution in [2.75, 3.05) is 6.61 Å². The van der Waals surface area contributed by atoms with Crippen LogP contribution in [0, 0.1) is 0 Å². The number of carbonyl (C=O) groups is 2. The second kappa shape index (κ2) is 11.8. The quantitative estimate of drug-likeness (QED) is 0.410. The SMILES string of the molecule is CC(C)(C)NC(=O)[C@H](Cc1ccccc1)N(Cc1cccc(Br)c1)C(=O)COc1ccccc1. The molecule has 5 nitrogen and oxygen atoms in total. The molecule has 3 aromatic rings. The van der Waals surface area contributed by atoms with E-state index in [2.05, 4.69) is 21.2 Å². The molecule has 0 aromatic heterocycles. The number of nitrogens with zero attached hydrogens (tertiary/aromatic N) is 1. The van der Waals surface area contributed by atoms with Crippen molar-refractivity contribution in [3.05, 3.63) is 101 Å². The summed E-state index contributed by atoms with van der Waals surface area (Å²) in [5.74, 6) is 0.158. The Morgan fingerprint density at radius 1 is 0.912 bits per heavy atom. The third-order valence-corrected chi connectivity index (χ3v) is 5.61. The van der Waals surface area contributed by atoms with Crippen LogP contribution in [0.2, 0.25) is 0 Å². The molecule has 0 heterocycles. The van der Waals surface area contributed by atoms with Gasteiger partial charge in [0.2, 0.25) is 5.91 Å². The predicted molar refractivity (Wildman–Crippen MR) is 138 cm³/mol. The van der Waals surface area contributed by atoms with E-state index < -0.39 is 11.6 Å². The van der Waals surface area contributed by atoms with Crippen molar-refractivity contribution in [3.63, 3.8) is 0 Å².